The number of halogens is 1. The second-order valence-electron chi connectivity index (χ2n) is 6.35. The number of piperazine rings is 1. The largest absolute Gasteiger partial charge is 0.411 e. The number of nitrogens with zero attached hydrogens (tertiary/aromatic N) is 4. The Balaban J connectivity index is 1.29. The summed E-state index contributed by atoms with van der Waals surface area (Å²) < 4.78 is 19.3. The number of benzene rings is 2. The molecule has 0 atom stereocenters. The molecule has 0 aliphatic carbocycles. The number of anilines is 1. The van der Waals surface area contributed by atoms with Crippen LogP contribution < -0.4 is 4.90 Å². The van der Waals surface area contributed by atoms with Gasteiger partial charge in [0.15, 0.2) is 0 Å². The quantitative estimate of drug-likeness (QED) is 0.615. The number of rotatable bonds is 5. The van der Waals surface area contributed by atoms with Crippen molar-refractivity contribution in [3.8, 4) is 11.5 Å². The molecule has 1 amide bonds. The van der Waals surface area contributed by atoms with Crippen molar-refractivity contribution in [2.45, 2.75) is 5.22 Å². The van der Waals surface area contributed by atoms with E-state index in [0.717, 1.165) is 13.1 Å². The van der Waals surface area contributed by atoms with Crippen LogP contribution >= 0.6 is 11.8 Å². The van der Waals surface area contributed by atoms with Gasteiger partial charge in [-0.25, -0.2) is 4.39 Å². The van der Waals surface area contributed by atoms with Crippen molar-refractivity contribution in [1.82, 2.24) is 15.1 Å². The second kappa shape index (κ2) is 8.43. The molecule has 1 saturated heterocycles. The summed E-state index contributed by atoms with van der Waals surface area (Å²) in [7, 11) is 0. The van der Waals surface area contributed by atoms with E-state index in [2.05, 4.69) is 27.2 Å². The molecule has 0 bridgehead atoms. The Kier molecular flexibility index (Phi) is 5.57. The third-order valence-electron chi connectivity index (χ3n) is 4.58. The van der Waals surface area contributed by atoms with Crippen LogP contribution in [0.2, 0.25) is 0 Å². The SMILES string of the molecule is O=C(CSc1nnc(-c2ccccc2F)o1)N1CCN(c2ccccc2)CC1. The van der Waals surface area contributed by atoms with Crippen molar-refractivity contribution in [3.63, 3.8) is 0 Å². The van der Waals surface area contributed by atoms with E-state index in [1.54, 1.807) is 18.2 Å². The van der Waals surface area contributed by atoms with E-state index in [1.165, 1.54) is 23.5 Å². The molecule has 2 heterocycles. The topological polar surface area (TPSA) is 62.5 Å². The van der Waals surface area contributed by atoms with Crippen LogP contribution in [0.5, 0.6) is 0 Å². The number of amides is 1. The lowest BCUT2D eigenvalue weighted by Gasteiger charge is -2.36. The van der Waals surface area contributed by atoms with Crippen molar-refractivity contribution < 1.29 is 13.6 Å². The molecule has 4 rings (SSSR count). The number of carbonyl (C=O) groups excluding carboxylic acids is 1. The molecule has 1 aliphatic heterocycles. The molecular formula is C20H19FN4O2S. The molecule has 2 aromatic carbocycles. The summed E-state index contributed by atoms with van der Waals surface area (Å²) in [5.41, 5.74) is 1.43. The summed E-state index contributed by atoms with van der Waals surface area (Å²) in [6, 6.07) is 16.4. The molecule has 0 saturated carbocycles. The Labute approximate surface area is 166 Å². The lowest BCUT2D eigenvalue weighted by molar-refractivity contribution is -0.128. The van der Waals surface area contributed by atoms with Gasteiger partial charge < -0.3 is 14.2 Å². The van der Waals surface area contributed by atoms with E-state index in [9.17, 15) is 9.18 Å². The predicted octanol–water partition coefficient (Wildman–Crippen LogP) is 3.32. The third kappa shape index (κ3) is 4.17. The first kappa shape index (κ1) is 18.5. The number of aromatic nitrogens is 2. The van der Waals surface area contributed by atoms with Crippen molar-refractivity contribution in [2.75, 3.05) is 36.8 Å². The zero-order valence-corrected chi connectivity index (χ0v) is 15.9. The minimum Gasteiger partial charge on any atom is -0.411 e. The smallest absolute Gasteiger partial charge is 0.277 e. The average Bonchev–Trinajstić information content (AvgIpc) is 3.22. The fourth-order valence-corrected chi connectivity index (χ4v) is 3.75. The minimum absolute atomic E-state index is 0.0309. The highest BCUT2D eigenvalue weighted by molar-refractivity contribution is 7.99. The summed E-state index contributed by atoms with van der Waals surface area (Å²) in [6.07, 6.45) is 0. The standard InChI is InChI=1S/C20H19FN4O2S/c21-17-9-5-4-8-16(17)19-22-23-20(27-19)28-14-18(26)25-12-10-24(11-13-25)15-6-2-1-3-7-15/h1-9H,10-14H2. The van der Waals surface area contributed by atoms with Crippen molar-refractivity contribution in [3.05, 3.63) is 60.4 Å². The van der Waals surface area contributed by atoms with Crippen LogP contribution in [0.15, 0.2) is 64.2 Å². The second-order valence-corrected chi connectivity index (χ2v) is 7.27. The third-order valence-corrected chi connectivity index (χ3v) is 5.39. The van der Waals surface area contributed by atoms with Crippen LogP contribution in [0.4, 0.5) is 10.1 Å². The van der Waals surface area contributed by atoms with E-state index in [0.29, 0.717) is 13.1 Å². The molecule has 3 aromatic rings. The first-order valence-corrected chi connectivity index (χ1v) is 9.98. The number of para-hydroxylation sites is 1. The van der Waals surface area contributed by atoms with Crippen molar-refractivity contribution in [2.24, 2.45) is 0 Å². The zero-order valence-electron chi connectivity index (χ0n) is 15.1. The highest BCUT2D eigenvalue weighted by Gasteiger charge is 2.22. The van der Waals surface area contributed by atoms with Crippen LogP contribution in [0.3, 0.4) is 0 Å². The first-order valence-electron chi connectivity index (χ1n) is 9.00. The summed E-state index contributed by atoms with van der Waals surface area (Å²) in [5.74, 6) is -0.0625. The Hall–Kier alpha value is -2.87. The zero-order chi connectivity index (χ0) is 19.3. The maximum absolute atomic E-state index is 13.8. The normalized spacial score (nSPS) is 14.3. The number of carbonyl (C=O) groups is 1. The van der Waals surface area contributed by atoms with Crippen LogP contribution in [0, 0.1) is 5.82 Å². The van der Waals surface area contributed by atoms with Gasteiger partial charge in [-0.2, -0.15) is 0 Å². The number of hydrogen-bond donors (Lipinski definition) is 0. The van der Waals surface area contributed by atoms with Crippen LogP contribution in [-0.2, 0) is 4.79 Å². The predicted molar refractivity (Wildman–Crippen MR) is 106 cm³/mol. The molecular weight excluding hydrogens is 379 g/mol. The van der Waals surface area contributed by atoms with Crippen molar-refractivity contribution >= 4 is 23.4 Å². The summed E-state index contributed by atoms with van der Waals surface area (Å²) in [6.45, 7) is 2.97. The van der Waals surface area contributed by atoms with Crippen LogP contribution in [0.1, 0.15) is 0 Å². The Morgan fingerprint density at radius 2 is 1.71 bits per heavy atom. The van der Waals surface area contributed by atoms with Gasteiger partial charge in [0.1, 0.15) is 5.82 Å². The molecule has 0 N–H and O–H groups in total. The maximum atomic E-state index is 13.8. The maximum Gasteiger partial charge on any atom is 0.277 e. The molecule has 0 spiro atoms. The minimum atomic E-state index is -0.421. The van der Waals surface area contributed by atoms with Gasteiger partial charge in [0.25, 0.3) is 11.1 Å². The summed E-state index contributed by atoms with van der Waals surface area (Å²) in [5, 5.41) is 8.03. The van der Waals surface area contributed by atoms with Gasteiger partial charge in [-0.3, -0.25) is 4.79 Å². The molecule has 28 heavy (non-hydrogen) atoms. The van der Waals surface area contributed by atoms with Gasteiger partial charge in [0.05, 0.1) is 11.3 Å². The lowest BCUT2D eigenvalue weighted by Crippen LogP contribution is -2.49. The number of thioether (sulfide) groups is 1. The highest BCUT2D eigenvalue weighted by atomic mass is 32.2. The molecule has 1 aromatic heterocycles. The van der Waals surface area contributed by atoms with Gasteiger partial charge in [0, 0.05) is 31.9 Å². The Morgan fingerprint density at radius 1 is 1.00 bits per heavy atom. The molecule has 0 unspecified atom stereocenters. The monoisotopic (exact) mass is 398 g/mol. The van der Waals surface area contributed by atoms with Gasteiger partial charge in [-0.15, -0.1) is 10.2 Å². The fourth-order valence-electron chi connectivity index (χ4n) is 3.08. The van der Waals surface area contributed by atoms with Crippen molar-refractivity contribution in [1.29, 1.82) is 0 Å². The van der Waals surface area contributed by atoms with Gasteiger partial charge in [-0.1, -0.05) is 42.1 Å². The van der Waals surface area contributed by atoms with Gasteiger partial charge in [-0.05, 0) is 24.3 Å². The average molecular weight is 398 g/mol. The Bertz CT molecular complexity index is 942. The van der Waals surface area contributed by atoms with E-state index >= 15 is 0 Å². The van der Waals surface area contributed by atoms with Gasteiger partial charge in [0.2, 0.25) is 5.91 Å². The van der Waals surface area contributed by atoms with E-state index in [1.807, 2.05) is 23.1 Å². The summed E-state index contributed by atoms with van der Waals surface area (Å²) >= 11 is 1.17. The molecule has 1 aliphatic rings. The molecule has 1 fully saturated rings. The fraction of sp³-hybridized carbons (Fsp3) is 0.250. The highest BCUT2D eigenvalue weighted by Crippen LogP contribution is 2.25. The van der Waals surface area contributed by atoms with Crippen LogP contribution in [0.25, 0.3) is 11.5 Å². The molecule has 6 nitrogen and oxygen atoms in total. The van der Waals surface area contributed by atoms with E-state index < -0.39 is 5.82 Å². The summed E-state index contributed by atoms with van der Waals surface area (Å²) in [4.78, 5) is 16.6. The molecule has 0 radical (unpaired) electrons. The lowest BCUT2D eigenvalue weighted by atomic mass is 10.2. The number of hydrogen-bond acceptors (Lipinski definition) is 6. The first-order chi connectivity index (χ1) is 13.7. The van der Waals surface area contributed by atoms with E-state index in [-0.39, 0.29) is 28.3 Å². The van der Waals surface area contributed by atoms with Crippen LogP contribution in [-0.4, -0.2) is 52.9 Å². The Morgan fingerprint density at radius 3 is 2.46 bits per heavy atom. The van der Waals surface area contributed by atoms with E-state index in [4.69, 9.17) is 4.42 Å². The molecule has 8 heteroatoms. The molecule has 144 valence electrons. The van der Waals surface area contributed by atoms with Gasteiger partial charge >= 0.3 is 0 Å².